The Morgan fingerprint density at radius 2 is 1.84 bits per heavy atom. The molecule has 1 aromatic carbocycles. The molecule has 2 nitrogen and oxygen atoms in total. The molecule has 0 saturated heterocycles. The minimum absolute atomic E-state index is 0.0706. The molecule has 0 amide bonds. The van der Waals surface area contributed by atoms with Crippen molar-refractivity contribution in [2.24, 2.45) is 17.6 Å². The number of halogens is 3. The van der Waals surface area contributed by atoms with Crippen LogP contribution in [0.1, 0.15) is 25.8 Å². The van der Waals surface area contributed by atoms with E-state index in [-0.39, 0.29) is 18.3 Å². The first-order chi connectivity index (χ1) is 8.84. The van der Waals surface area contributed by atoms with Gasteiger partial charge in [-0.1, -0.05) is 26.0 Å². The molecule has 0 fully saturated rings. The first-order valence-corrected chi connectivity index (χ1v) is 6.33. The van der Waals surface area contributed by atoms with Crippen molar-refractivity contribution in [1.82, 2.24) is 0 Å². The van der Waals surface area contributed by atoms with Gasteiger partial charge in [-0.05, 0) is 31.0 Å². The predicted molar refractivity (Wildman–Crippen MR) is 68.9 cm³/mol. The van der Waals surface area contributed by atoms with Crippen LogP contribution in [-0.4, -0.2) is 13.2 Å². The Bertz CT molecular complexity index is 391. The second-order valence-corrected chi connectivity index (χ2v) is 5.04. The van der Waals surface area contributed by atoms with Crippen molar-refractivity contribution in [2.45, 2.75) is 26.4 Å². The molecule has 0 aliphatic rings. The standard InChI is InChI=1S/C14H20F3NO/c1-10(2)7-11(8-18)9-19-13-6-4-3-5-12(13)14(15,16)17/h3-6,10-11H,7-9,18H2,1-2H3. The number of rotatable bonds is 6. The van der Waals surface area contributed by atoms with Crippen LogP contribution in [0.15, 0.2) is 24.3 Å². The number of nitrogens with two attached hydrogens (primary N) is 1. The lowest BCUT2D eigenvalue weighted by Gasteiger charge is -2.19. The summed E-state index contributed by atoms with van der Waals surface area (Å²) < 4.78 is 43.6. The van der Waals surface area contributed by atoms with Gasteiger partial charge in [0.05, 0.1) is 12.2 Å². The van der Waals surface area contributed by atoms with Crippen LogP contribution in [0.4, 0.5) is 13.2 Å². The number of hydrogen-bond donors (Lipinski definition) is 1. The van der Waals surface area contributed by atoms with Crippen molar-refractivity contribution >= 4 is 0 Å². The molecule has 2 N–H and O–H groups in total. The maximum absolute atomic E-state index is 12.8. The molecule has 0 aromatic heterocycles. The summed E-state index contributed by atoms with van der Waals surface area (Å²) in [5, 5.41) is 0. The second kappa shape index (κ2) is 6.80. The van der Waals surface area contributed by atoms with Gasteiger partial charge in [-0.3, -0.25) is 0 Å². The Labute approximate surface area is 111 Å². The van der Waals surface area contributed by atoms with Crippen LogP contribution in [0, 0.1) is 11.8 Å². The molecule has 0 saturated carbocycles. The fourth-order valence-corrected chi connectivity index (χ4v) is 1.93. The van der Waals surface area contributed by atoms with Crippen molar-refractivity contribution < 1.29 is 17.9 Å². The van der Waals surface area contributed by atoms with E-state index >= 15 is 0 Å². The van der Waals surface area contributed by atoms with E-state index < -0.39 is 11.7 Å². The zero-order valence-corrected chi connectivity index (χ0v) is 11.2. The molecule has 0 spiro atoms. The fraction of sp³-hybridized carbons (Fsp3) is 0.571. The highest BCUT2D eigenvalue weighted by atomic mass is 19.4. The average molecular weight is 275 g/mol. The van der Waals surface area contributed by atoms with E-state index in [1.54, 1.807) is 0 Å². The van der Waals surface area contributed by atoms with E-state index in [0.717, 1.165) is 12.5 Å². The lowest BCUT2D eigenvalue weighted by Crippen LogP contribution is -2.23. The van der Waals surface area contributed by atoms with Crippen LogP contribution in [0.2, 0.25) is 0 Å². The fourth-order valence-electron chi connectivity index (χ4n) is 1.93. The van der Waals surface area contributed by atoms with E-state index in [2.05, 4.69) is 0 Å². The Balaban J connectivity index is 2.72. The smallest absolute Gasteiger partial charge is 0.419 e. The highest BCUT2D eigenvalue weighted by Gasteiger charge is 2.34. The van der Waals surface area contributed by atoms with Gasteiger partial charge in [-0.2, -0.15) is 13.2 Å². The number of hydrogen-bond acceptors (Lipinski definition) is 2. The van der Waals surface area contributed by atoms with Crippen molar-refractivity contribution in [2.75, 3.05) is 13.2 Å². The predicted octanol–water partition coefficient (Wildman–Crippen LogP) is 3.71. The Hall–Kier alpha value is -1.23. The van der Waals surface area contributed by atoms with Crippen molar-refractivity contribution in [3.8, 4) is 5.75 Å². The molecule has 108 valence electrons. The molecule has 1 rings (SSSR count). The molecular weight excluding hydrogens is 255 g/mol. The van der Waals surface area contributed by atoms with Gasteiger partial charge in [0, 0.05) is 5.92 Å². The third kappa shape index (κ3) is 5.11. The summed E-state index contributed by atoms with van der Waals surface area (Å²) in [6.45, 7) is 4.72. The number of para-hydroxylation sites is 1. The minimum atomic E-state index is -4.40. The zero-order valence-electron chi connectivity index (χ0n) is 11.2. The van der Waals surface area contributed by atoms with Crippen LogP contribution >= 0.6 is 0 Å². The molecule has 19 heavy (non-hydrogen) atoms. The minimum Gasteiger partial charge on any atom is -0.493 e. The van der Waals surface area contributed by atoms with E-state index in [0.29, 0.717) is 12.5 Å². The Morgan fingerprint density at radius 3 is 2.37 bits per heavy atom. The SMILES string of the molecule is CC(C)CC(CN)COc1ccccc1C(F)(F)F. The monoisotopic (exact) mass is 275 g/mol. The summed E-state index contributed by atoms with van der Waals surface area (Å²) >= 11 is 0. The van der Waals surface area contributed by atoms with Gasteiger partial charge in [0.2, 0.25) is 0 Å². The van der Waals surface area contributed by atoms with Gasteiger partial charge in [-0.15, -0.1) is 0 Å². The van der Waals surface area contributed by atoms with E-state index in [1.165, 1.54) is 18.2 Å². The van der Waals surface area contributed by atoms with Gasteiger partial charge >= 0.3 is 6.18 Å². The summed E-state index contributed by atoms with van der Waals surface area (Å²) in [6, 6.07) is 5.25. The molecule has 0 bridgehead atoms. The van der Waals surface area contributed by atoms with Crippen LogP contribution in [0.5, 0.6) is 5.75 Å². The molecule has 1 aromatic rings. The normalized spacial score (nSPS) is 13.6. The summed E-state index contributed by atoms with van der Waals surface area (Å²) in [5.74, 6) is 0.383. The van der Waals surface area contributed by atoms with Gasteiger partial charge < -0.3 is 10.5 Å². The molecule has 1 atom stereocenters. The molecule has 0 radical (unpaired) electrons. The number of alkyl halides is 3. The highest BCUT2D eigenvalue weighted by Crippen LogP contribution is 2.36. The van der Waals surface area contributed by atoms with Gasteiger partial charge in [-0.25, -0.2) is 0 Å². The zero-order chi connectivity index (χ0) is 14.5. The van der Waals surface area contributed by atoms with Crippen LogP contribution in [0.25, 0.3) is 0 Å². The molecule has 0 aliphatic heterocycles. The second-order valence-electron chi connectivity index (χ2n) is 5.04. The van der Waals surface area contributed by atoms with Crippen molar-refractivity contribution in [3.63, 3.8) is 0 Å². The van der Waals surface area contributed by atoms with Crippen LogP contribution < -0.4 is 10.5 Å². The highest BCUT2D eigenvalue weighted by molar-refractivity contribution is 5.35. The largest absolute Gasteiger partial charge is 0.493 e. The number of ether oxygens (including phenoxy) is 1. The van der Waals surface area contributed by atoms with E-state index in [4.69, 9.17) is 10.5 Å². The third-order valence-electron chi connectivity index (χ3n) is 2.81. The molecular formula is C14H20F3NO. The maximum Gasteiger partial charge on any atom is 0.419 e. The van der Waals surface area contributed by atoms with Crippen molar-refractivity contribution in [3.05, 3.63) is 29.8 Å². The molecule has 5 heteroatoms. The first-order valence-electron chi connectivity index (χ1n) is 6.33. The summed E-state index contributed by atoms with van der Waals surface area (Å²) in [6.07, 6.45) is -3.56. The van der Waals surface area contributed by atoms with Crippen LogP contribution in [0.3, 0.4) is 0 Å². The lowest BCUT2D eigenvalue weighted by molar-refractivity contribution is -0.139. The molecule has 0 heterocycles. The number of benzene rings is 1. The average Bonchev–Trinajstić information content (AvgIpc) is 2.33. The first kappa shape index (κ1) is 15.8. The maximum atomic E-state index is 12.8. The van der Waals surface area contributed by atoms with E-state index in [1.807, 2.05) is 13.8 Å². The molecule has 1 unspecified atom stereocenters. The van der Waals surface area contributed by atoms with Gasteiger partial charge in [0.1, 0.15) is 5.75 Å². The van der Waals surface area contributed by atoms with Gasteiger partial charge in [0.15, 0.2) is 0 Å². The third-order valence-corrected chi connectivity index (χ3v) is 2.81. The summed E-state index contributed by atoms with van der Waals surface area (Å²) in [4.78, 5) is 0. The lowest BCUT2D eigenvalue weighted by atomic mass is 9.98. The summed E-state index contributed by atoms with van der Waals surface area (Å²) in [5.41, 5.74) is 4.87. The molecule has 0 aliphatic carbocycles. The van der Waals surface area contributed by atoms with E-state index in [9.17, 15) is 13.2 Å². The van der Waals surface area contributed by atoms with Crippen LogP contribution in [-0.2, 0) is 6.18 Å². The quantitative estimate of drug-likeness (QED) is 0.859. The topological polar surface area (TPSA) is 35.2 Å². The Kier molecular flexibility index (Phi) is 5.66. The summed E-state index contributed by atoms with van der Waals surface area (Å²) in [7, 11) is 0. The Morgan fingerprint density at radius 1 is 1.21 bits per heavy atom. The van der Waals surface area contributed by atoms with Crippen molar-refractivity contribution in [1.29, 1.82) is 0 Å². The van der Waals surface area contributed by atoms with Gasteiger partial charge in [0.25, 0.3) is 0 Å².